The van der Waals surface area contributed by atoms with E-state index in [9.17, 15) is 18.0 Å². The van der Waals surface area contributed by atoms with Crippen LogP contribution in [0.2, 0.25) is 0 Å². The maximum atomic E-state index is 12.8. The predicted octanol–water partition coefficient (Wildman–Crippen LogP) is 0.641. The molecule has 2 fully saturated rings. The van der Waals surface area contributed by atoms with Crippen molar-refractivity contribution in [3.8, 4) is 0 Å². The van der Waals surface area contributed by atoms with E-state index in [4.69, 9.17) is 0 Å². The van der Waals surface area contributed by atoms with E-state index in [0.29, 0.717) is 38.0 Å². The molecule has 1 aromatic carbocycles. The Morgan fingerprint density at radius 2 is 1.77 bits per heavy atom. The van der Waals surface area contributed by atoms with Crippen LogP contribution >= 0.6 is 0 Å². The lowest BCUT2D eigenvalue weighted by atomic mass is 10.0. The highest BCUT2D eigenvalue weighted by atomic mass is 32.2. The summed E-state index contributed by atoms with van der Waals surface area (Å²) < 4.78 is 27.0. The van der Waals surface area contributed by atoms with Gasteiger partial charge in [-0.1, -0.05) is 18.2 Å². The van der Waals surface area contributed by atoms with Crippen LogP contribution in [0.3, 0.4) is 0 Å². The Morgan fingerprint density at radius 1 is 1.12 bits per heavy atom. The zero-order valence-corrected chi connectivity index (χ0v) is 16.0. The number of amides is 2. The van der Waals surface area contributed by atoms with Gasteiger partial charge in [0.25, 0.3) is 5.91 Å². The monoisotopic (exact) mass is 379 g/mol. The molecular formula is C18H25N3O4S. The highest BCUT2D eigenvalue weighted by molar-refractivity contribution is 7.90. The molecule has 2 aliphatic heterocycles. The Morgan fingerprint density at radius 3 is 2.42 bits per heavy atom. The SMILES string of the molecule is CN(C)C(=O)CN1C[C@@H]2CCN(C(=O)c3ccccc3)CC[C@@H]2S1(=O)=O. The number of rotatable bonds is 3. The third-order valence-electron chi connectivity index (χ3n) is 5.28. The molecule has 0 spiro atoms. The molecule has 0 radical (unpaired) electrons. The van der Waals surface area contributed by atoms with Gasteiger partial charge in [-0.3, -0.25) is 9.59 Å². The molecule has 2 heterocycles. The quantitative estimate of drug-likeness (QED) is 0.772. The fourth-order valence-corrected chi connectivity index (χ4v) is 5.89. The lowest BCUT2D eigenvalue weighted by Gasteiger charge is -2.22. The van der Waals surface area contributed by atoms with Gasteiger partial charge < -0.3 is 9.80 Å². The van der Waals surface area contributed by atoms with Crippen LogP contribution in [0, 0.1) is 5.92 Å². The zero-order valence-electron chi connectivity index (χ0n) is 15.2. The van der Waals surface area contributed by atoms with Crippen LogP contribution in [0.15, 0.2) is 30.3 Å². The average molecular weight is 379 g/mol. The van der Waals surface area contributed by atoms with E-state index in [0.717, 1.165) is 0 Å². The molecule has 26 heavy (non-hydrogen) atoms. The zero-order chi connectivity index (χ0) is 18.9. The summed E-state index contributed by atoms with van der Waals surface area (Å²) in [6, 6.07) is 9.06. The molecule has 3 rings (SSSR count). The van der Waals surface area contributed by atoms with Gasteiger partial charge in [-0.05, 0) is 30.9 Å². The van der Waals surface area contributed by atoms with E-state index in [1.807, 2.05) is 18.2 Å². The second kappa shape index (κ2) is 7.36. The fourth-order valence-electron chi connectivity index (χ4n) is 3.71. The smallest absolute Gasteiger partial charge is 0.253 e. The average Bonchev–Trinajstić information content (AvgIpc) is 2.77. The summed E-state index contributed by atoms with van der Waals surface area (Å²) in [5.74, 6) is -0.308. The molecular weight excluding hydrogens is 354 g/mol. The van der Waals surface area contributed by atoms with Gasteiger partial charge in [-0.15, -0.1) is 0 Å². The number of carbonyl (C=O) groups is 2. The first-order valence-electron chi connectivity index (χ1n) is 8.84. The number of benzene rings is 1. The maximum absolute atomic E-state index is 12.8. The van der Waals surface area contributed by atoms with Crippen molar-refractivity contribution in [1.82, 2.24) is 14.1 Å². The molecule has 2 aliphatic rings. The first-order chi connectivity index (χ1) is 12.3. The molecule has 142 valence electrons. The van der Waals surface area contributed by atoms with Gasteiger partial charge in [0.05, 0.1) is 11.8 Å². The van der Waals surface area contributed by atoms with Gasteiger partial charge >= 0.3 is 0 Å². The van der Waals surface area contributed by atoms with Gasteiger partial charge in [-0.25, -0.2) is 8.42 Å². The number of sulfonamides is 1. The Kier molecular flexibility index (Phi) is 5.34. The van der Waals surface area contributed by atoms with Gasteiger partial charge in [0.2, 0.25) is 15.9 Å². The van der Waals surface area contributed by atoms with Crippen LogP contribution in [0.5, 0.6) is 0 Å². The van der Waals surface area contributed by atoms with E-state index in [2.05, 4.69) is 0 Å². The Balaban J connectivity index is 1.70. The molecule has 2 atom stereocenters. The molecule has 0 saturated carbocycles. The van der Waals surface area contributed by atoms with E-state index < -0.39 is 15.3 Å². The number of carbonyl (C=O) groups excluding carboxylic acids is 2. The molecule has 0 aliphatic carbocycles. The molecule has 0 unspecified atom stereocenters. The molecule has 0 N–H and O–H groups in total. The summed E-state index contributed by atoms with van der Waals surface area (Å²) in [7, 11) is -0.263. The minimum atomic E-state index is -3.51. The number of nitrogens with zero attached hydrogens (tertiary/aromatic N) is 3. The number of hydrogen-bond acceptors (Lipinski definition) is 4. The summed E-state index contributed by atoms with van der Waals surface area (Å²) in [6.45, 7) is 1.22. The van der Waals surface area contributed by atoms with Crippen molar-refractivity contribution in [2.45, 2.75) is 18.1 Å². The van der Waals surface area contributed by atoms with Crippen molar-refractivity contribution in [2.75, 3.05) is 40.3 Å². The van der Waals surface area contributed by atoms with Crippen LogP contribution in [0.25, 0.3) is 0 Å². The van der Waals surface area contributed by atoms with Gasteiger partial charge in [-0.2, -0.15) is 4.31 Å². The predicted molar refractivity (Wildman–Crippen MR) is 98.0 cm³/mol. The Hall–Kier alpha value is -1.93. The maximum Gasteiger partial charge on any atom is 0.253 e. The van der Waals surface area contributed by atoms with E-state index in [1.165, 1.54) is 9.21 Å². The minimum Gasteiger partial charge on any atom is -0.348 e. The number of hydrogen-bond donors (Lipinski definition) is 0. The summed E-state index contributed by atoms with van der Waals surface area (Å²) in [5, 5.41) is -0.508. The normalized spacial score (nSPS) is 25.4. The molecule has 8 heteroatoms. The van der Waals surface area contributed by atoms with E-state index in [-0.39, 0.29) is 24.3 Å². The van der Waals surface area contributed by atoms with Crippen molar-refractivity contribution in [3.63, 3.8) is 0 Å². The van der Waals surface area contributed by atoms with Crippen LogP contribution in [0.1, 0.15) is 23.2 Å². The summed E-state index contributed by atoms with van der Waals surface area (Å²) >= 11 is 0. The van der Waals surface area contributed by atoms with Crippen LogP contribution < -0.4 is 0 Å². The van der Waals surface area contributed by atoms with Gasteiger partial charge in [0.15, 0.2) is 0 Å². The lowest BCUT2D eigenvalue weighted by molar-refractivity contribution is -0.128. The highest BCUT2D eigenvalue weighted by Crippen LogP contribution is 2.34. The lowest BCUT2D eigenvalue weighted by Crippen LogP contribution is -2.39. The van der Waals surface area contributed by atoms with Crippen molar-refractivity contribution < 1.29 is 18.0 Å². The van der Waals surface area contributed by atoms with Crippen molar-refractivity contribution in [2.24, 2.45) is 5.92 Å². The van der Waals surface area contributed by atoms with Crippen molar-refractivity contribution in [3.05, 3.63) is 35.9 Å². The first-order valence-corrected chi connectivity index (χ1v) is 10.3. The summed E-state index contributed by atoms with van der Waals surface area (Å²) in [5.41, 5.74) is 0.626. The van der Waals surface area contributed by atoms with Crippen LogP contribution in [-0.4, -0.2) is 79.9 Å². The van der Waals surface area contributed by atoms with Gasteiger partial charge in [0.1, 0.15) is 0 Å². The third kappa shape index (κ3) is 3.61. The van der Waals surface area contributed by atoms with Crippen molar-refractivity contribution in [1.29, 1.82) is 0 Å². The van der Waals surface area contributed by atoms with Gasteiger partial charge in [0, 0.05) is 39.3 Å². The summed E-state index contributed by atoms with van der Waals surface area (Å²) in [6.07, 6.45) is 1.05. The van der Waals surface area contributed by atoms with Crippen LogP contribution in [0.4, 0.5) is 0 Å². The number of likely N-dealkylation sites (tertiary alicyclic amines) is 1. The Bertz CT molecular complexity index is 779. The second-order valence-electron chi connectivity index (χ2n) is 7.16. The molecule has 1 aromatic rings. The van der Waals surface area contributed by atoms with E-state index in [1.54, 1.807) is 31.1 Å². The van der Waals surface area contributed by atoms with Crippen molar-refractivity contribution >= 4 is 21.8 Å². The standard InChI is InChI=1S/C18H25N3O4S/c1-19(2)17(22)13-21-12-15-8-10-20(11-9-16(15)26(21,24)25)18(23)14-6-4-3-5-7-14/h3-7,15-16H,8-13H2,1-2H3/t15-,16-/m0/s1. The minimum absolute atomic E-state index is 0.0384. The first kappa shape index (κ1) is 18.8. The number of likely N-dealkylation sites (N-methyl/N-ethyl adjacent to an activating group) is 1. The Labute approximate surface area is 154 Å². The summed E-state index contributed by atoms with van der Waals surface area (Å²) in [4.78, 5) is 27.7. The fraction of sp³-hybridized carbons (Fsp3) is 0.556. The third-order valence-corrected chi connectivity index (χ3v) is 7.66. The topological polar surface area (TPSA) is 78.0 Å². The highest BCUT2D eigenvalue weighted by Gasteiger charge is 2.47. The van der Waals surface area contributed by atoms with Crippen LogP contribution in [-0.2, 0) is 14.8 Å². The largest absolute Gasteiger partial charge is 0.348 e. The number of fused-ring (bicyclic) bond motifs is 1. The van der Waals surface area contributed by atoms with E-state index >= 15 is 0 Å². The second-order valence-corrected chi connectivity index (χ2v) is 9.31. The molecule has 2 amide bonds. The molecule has 7 nitrogen and oxygen atoms in total. The molecule has 0 bridgehead atoms. The molecule has 2 saturated heterocycles. The molecule has 0 aromatic heterocycles.